The number of carbonyl (C=O) groups excluding carboxylic acids is 2. The molecule has 2 amide bonds. The van der Waals surface area contributed by atoms with Crippen molar-refractivity contribution in [1.29, 1.82) is 0 Å². The van der Waals surface area contributed by atoms with Crippen molar-refractivity contribution in [2.45, 2.75) is 51.4 Å². The summed E-state index contributed by atoms with van der Waals surface area (Å²) in [4.78, 5) is 25.1. The second kappa shape index (κ2) is 9.23. The number of amides is 2. The third kappa shape index (κ3) is 5.80. The molecule has 0 aromatic rings. The van der Waals surface area contributed by atoms with E-state index in [9.17, 15) is 9.59 Å². The minimum absolute atomic E-state index is 0. The zero-order chi connectivity index (χ0) is 15.3. The molecule has 124 valence electrons. The molecule has 1 saturated heterocycles. The van der Waals surface area contributed by atoms with Crippen LogP contribution in [-0.2, 0) is 14.3 Å². The Hall–Kier alpha value is -0.850. The summed E-state index contributed by atoms with van der Waals surface area (Å²) in [5.74, 6) is -0.0111. The van der Waals surface area contributed by atoms with Crippen LogP contribution in [0.2, 0.25) is 0 Å². The van der Waals surface area contributed by atoms with Crippen molar-refractivity contribution < 1.29 is 14.3 Å². The van der Waals surface area contributed by atoms with Crippen LogP contribution in [-0.4, -0.2) is 55.6 Å². The fraction of sp³-hybridized carbons (Fsp3) is 0.857. The standard InChI is InChI=1S/C14H27N3O3.ClH/c1-5-9(2)12(15)13(18)16-8-10-6-7-11(20-10)14(19)17(3)4;/h9-12H,5-8,15H2,1-4H3,(H,16,18);1H. The zero-order valence-electron chi connectivity index (χ0n) is 13.3. The first-order chi connectivity index (χ1) is 9.36. The second-order valence-corrected chi connectivity index (χ2v) is 5.71. The minimum atomic E-state index is -0.486. The van der Waals surface area contributed by atoms with Crippen molar-refractivity contribution in [1.82, 2.24) is 10.2 Å². The molecular weight excluding hydrogens is 294 g/mol. The number of hydrogen-bond acceptors (Lipinski definition) is 4. The first-order valence-corrected chi connectivity index (χ1v) is 7.26. The van der Waals surface area contributed by atoms with E-state index >= 15 is 0 Å². The summed E-state index contributed by atoms with van der Waals surface area (Å²) in [7, 11) is 3.43. The topological polar surface area (TPSA) is 84.7 Å². The molecule has 0 aromatic carbocycles. The summed E-state index contributed by atoms with van der Waals surface area (Å²) in [6.45, 7) is 4.39. The maximum Gasteiger partial charge on any atom is 0.251 e. The van der Waals surface area contributed by atoms with Gasteiger partial charge >= 0.3 is 0 Å². The number of halogens is 1. The van der Waals surface area contributed by atoms with E-state index in [1.807, 2.05) is 13.8 Å². The highest BCUT2D eigenvalue weighted by molar-refractivity contribution is 5.85. The Morgan fingerprint density at radius 3 is 2.52 bits per heavy atom. The summed E-state index contributed by atoms with van der Waals surface area (Å²) in [6, 6.07) is -0.486. The zero-order valence-corrected chi connectivity index (χ0v) is 14.1. The van der Waals surface area contributed by atoms with Crippen LogP contribution in [0.4, 0.5) is 0 Å². The van der Waals surface area contributed by atoms with Gasteiger partial charge < -0.3 is 20.7 Å². The number of rotatable bonds is 6. The Morgan fingerprint density at radius 2 is 2.00 bits per heavy atom. The molecule has 0 bridgehead atoms. The SMILES string of the molecule is CCC(C)C(N)C(=O)NCC1CCC(C(=O)N(C)C)O1.Cl. The Morgan fingerprint density at radius 1 is 1.38 bits per heavy atom. The molecule has 7 heteroatoms. The molecule has 1 heterocycles. The van der Waals surface area contributed by atoms with Crippen LogP contribution >= 0.6 is 12.4 Å². The van der Waals surface area contributed by atoms with E-state index < -0.39 is 6.04 Å². The lowest BCUT2D eigenvalue weighted by Crippen LogP contribution is -2.46. The maximum atomic E-state index is 11.9. The molecule has 1 fully saturated rings. The first kappa shape index (κ1) is 20.1. The number of likely N-dealkylation sites (N-methyl/N-ethyl adjacent to an activating group) is 1. The largest absolute Gasteiger partial charge is 0.363 e. The molecule has 1 aliphatic rings. The van der Waals surface area contributed by atoms with Gasteiger partial charge in [-0.05, 0) is 18.8 Å². The average molecular weight is 322 g/mol. The third-order valence-electron chi connectivity index (χ3n) is 3.89. The van der Waals surface area contributed by atoms with Gasteiger partial charge in [0.2, 0.25) is 5.91 Å². The molecule has 4 atom stereocenters. The number of carbonyl (C=O) groups is 2. The molecular formula is C14H28ClN3O3. The van der Waals surface area contributed by atoms with Crippen LogP contribution in [0.15, 0.2) is 0 Å². The summed E-state index contributed by atoms with van der Waals surface area (Å²) in [5, 5.41) is 2.81. The lowest BCUT2D eigenvalue weighted by molar-refractivity contribution is -0.140. The molecule has 21 heavy (non-hydrogen) atoms. The highest BCUT2D eigenvalue weighted by atomic mass is 35.5. The monoisotopic (exact) mass is 321 g/mol. The van der Waals surface area contributed by atoms with Crippen LogP contribution in [0.1, 0.15) is 33.1 Å². The highest BCUT2D eigenvalue weighted by Crippen LogP contribution is 2.20. The molecule has 6 nitrogen and oxygen atoms in total. The van der Waals surface area contributed by atoms with Gasteiger partial charge in [0.1, 0.15) is 6.10 Å². The Balaban J connectivity index is 0.00000400. The first-order valence-electron chi connectivity index (χ1n) is 7.26. The molecule has 0 saturated carbocycles. The number of ether oxygens (including phenoxy) is 1. The molecule has 1 rings (SSSR count). The van der Waals surface area contributed by atoms with E-state index in [0.717, 1.165) is 12.8 Å². The Labute approximate surface area is 133 Å². The van der Waals surface area contributed by atoms with Crippen molar-refractivity contribution in [2.24, 2.45) is 11.7 Å². The van der Waals surface area contributed by atoms with E-state index in [4.69, 9.17) is 10.5 Å². The Bertz CT molecular complexity index is 352. The molecule has 1 aliphatic heterocycles. The molecule has 4 unspecified atom stereocenters. The van der Waals surface area contributed by atoms with Gasteiger partial charge in [-0.25, -0.2) is 0 Å². The van der Waals surface area contributed by atoms with E-state index in [-0.39, 0.29) is 42.3 Å². The fourth-order valence-corrected chi connectivity index (χ4v) is 2.17. The molecule has 3 N–H and O–H groups in total. The second-order valence-electron chi connectivity index (χ2n) is 5.71. The smallest absolute Gasteiger partial charge is 0.251 e. The van der Waals surface area contributed by atoms with Crippen LogP contribution in [0.25, 0.3) is 0 Å². The highest BCUT2D eigenvalue weighted by Gasteiger charge is 2.32. The van der Waals surface area contributed by atoms with Crippen LogP contribution < -0.4 is 11.1 Å². The maximum absolute atomic E-state index is 11.9. The third-order valence-corrected chi connectivity index (χ3v) is 3.89. The minimum Gasteiger partial charge on any atom is -0.363 e. The van der Waals surface area contributed by atoms with E-state index in [2.05, 4.69) is 5.32 Å². The molecule has 0 aromatic heterocycles. The van der Waals surface area contributed by atoms with Gasteiger partial charge in [0.05, 0.1) is 12.1 Å². The van der Waals surface area contributed by atoms with Gasteiger partial charge in [-0.2, -0.15) is 0 Å². The summed E-state index contributed by atoms with van der Waals surface area (Å²) >= 11 is 0. The van der Waals surface area contributed by atoms with Crippen molar-refractivity contribution in [3.05, 3.63) is 0 Å². The van der Waals surface area contributed by atoms with Crippen LogP contribution in [0.3, 0.4) is 0 Å². The van der Waals surface area contributed by atoms with Gasteiger partial charge in [-0.15, -0.1) is 12.4 Å². The fourth-order valence-electron chi connectivity index (χ4n) is 2.17. The number of nitrogens with zero attached hydrogens (tertiary/aromatic N) is 1. The lowest BCUT2D eigenvalue weighted by atomic mass is 9.99. The summed E-state index contributed by atoms with van der Waals surface area (Å²) in [5.41, 5.74) is 5.86. The van der Waals surface area contributed by atoms with E-state index in [1.165, 1.54) is 4.90 Å². The van der Waals surface area contributed by atoms with Gasteiger partial charge in [-0.1, -0.05) is 20.3 Å². The van der Waals surface area contributed by atoms with Crippen molar-refractivity contribution in [3.8, 4) is 0 Å². The quantitative estimate of drug-likeness (QED) is 0.747. The van der Waals surface area contributed by atoms with Gasteiger partial charge in [0.25, 0.3) is 5.91 Å². The Kier molecular flexibility index (Phi) is 8.85. The number of nitrogens with two attached hydrogens (primary N) is 1. The summed E-state index contributed by atoms with van der Waals surface area (Å²) in [6.07, 6.45) is 1.87. The van der Waals surface area contributed by atoms with Crippen LogP contribution in [0, 0.1) is 5.92 Å². The predicted molar refractivity (Wildman–Crippen MR) is 84.3 cm³/mol. The van der Waals surface area contributed by atoms with Gasteiger partial charge in [-0.3, -0.25) is 9.59 Å². The molecule has 0 aliphatic carbocycles. The van der Waals surface area contributed by atoms with Crippen molar-refractivity contribution >= 4 is 24.2 Å². The summed E-state index contributed by atoms with van der Waals surface area (Å²) < 4.78 is 5.65. The van der Waals surface area contributed by atoms with Gasteiger partial charge in [0.15, 0.2) is 0 Å². The molecule has 0 spiro atoms. The lowest BCUT2D eigenvalue weighted by Gasteiger charge is -2.20. The van der Waals surface area contributed by atoms with E-state index in [1.54, 1.807) is 14.1 Å². The van der Waals surface area contributed by atoms with Gasteiger partial charge in [0, 0.05) is 20.6 Å². The molecule has 0 radical (unpaired) electrons. The predicted octanol–water partition coefficient (Wildman–Crippen LogP) is 0.534. The van der Waals surface area contributed by atoms with Crippen LogP contribution in [0.5, 0.6) is 0 Å². The number of nitrogens with one attached hydrogen (secondary N) is 1. The van der Waals surface area contributed by atoms with Crippen molar-refractivity contribution in [3.63, 3.8) is 0 Å². The van der Waals surface area contributed by atoms with E-state index in [0.29, 0.717) is 13.0 Å². The van der Waals surface area contributed by atoms with Crippen molar-refractivity contribution in [2.75, 3.05) is 20.6 Å². The average Bonchev–Trinajstić information content (AvgIpc) is 2.90. The number of hydrogen-bond donors (Lipinski definition) is 2. The normalized spacial score (nSPS) is 23.9.